The number of hydrogen-bond donors (Lipinski definition) is 3. The molecule has 1 aromatic rings. The van der Waals surface area contributed by atoms with Gasteiger partial charge in [0.15, 0.2) is 0 Å². The van der Waals surface area contributed by atoms with Crippen molar-refractivity contribution < 1.29 is 14.4 Å². The van der Waals surface area contributed by atoms with Crippen molar-refractivity contribution in [3.05, 3.63) is 35.9 Å². The molecule has 6 nitrogen and oxygen atoms in total. The van der Waals surface area contributed by atoms with Gasteiger partial charge in [-0.05, 0) is 25.3 Å². The average molecular weight is 343 g/mol. The number of terminal acetylenes is 1. The molecular formula is C19H25N3O3. The summed E-state index contributed by atoms with van der Waals surface area (Å²) < 4.78 is 0. The summed E-state index contributed by atoms with van der Waals surface area (Å²) in [5, 5.41) is 5.39. The van der Waals surface area contributed by atoms with E-state index in [2.05, 4.69) is 16.6 Å². The molecule has 1 aromatic carbocycles. The summed E-state index contributed by atoms with van der Waals surface area (Å²) in [6.07, 6.45) is 6.69. The first-order valence-corrected chi connectivity index (χ1v) is 8.30. The van der Waals surface area contributed by atoms with Crippen LogP contribution in [0.15, 0.2) is 30.3 Å². The van der Waals surface area contributed by atoms with Crippen LogP contribution in [0.5, 0.6) is 0 Å². The zero-order valence-corrected chi connectivity index (χ0v) is 14.5. The maximum Gasteiger partial charge on any atom is 0.240 e. The zero-order valence-electron chi connectivity index (χ0n) is 14.5. The number of benzene rings is 1. The molecule has 0 saturated heterocycles. The van der Waals surface area contributed by atoms with E-state index in [-0.39, 0.29) is 30.7 Å². The maximum atomic E-state index is 12.0. The standard InChI is InChI=1S/C19H25N3O3/c1-3-4-6-11-16(19(20)25)22-18(24)13-12-17(23)21-14(2)15-9-7-5-8-10-15/h1,5,7-10,14,16H,4,6,11-13H2,2H3,(H2,20,25)(H,21,23)(H,22,24)/t14-,16-/m1/s1. The summed E-state index contributed by atoms with van der Waals surface area (Å²) in [6.45, 7) is 1.88. The Morgan fingerprint density at radius 2 is 1.72 bits per heavy atom. The van der Waals surface area contributed by atoms with Gasteiger partial charge in [0, 0.05) is 19.3 Å². The molecule has 0 aliphatic carbocycles. The van der Waals surface area contributed by atoms with Gasteiger partial charge >= 0.3 is 0 Å². The van der Waals surface area contributed by atoms with Gasteiger partial charge in [-0.25, -0.2) is 0 Å². The molecule has 0 unspecified atom stereocenters. The Labute approximate surface area is 148 Å². The van der Waals surface area contributed by atoms with Crippen LogP contribution in [-0.2, 0) is 14.4 Å². The molecular weight excluding hydrogens is 318 g/mol. The van der Waals surface area contributed by atoms with Gasteiger partial charge < -0.3 is 16.4 Å². The average Bonchev–Trinajstić information content (AvgIpc) is 2.59. The molecule has 0 heterocycles. The summed E-state index contributed by atoms with van der Waals surface area (Å²) in [5.74, 6) is 1.26. The van der Waals surface area contributed by atoms with Crippen molar-refractivity contribution in [3.8, 4) is 12.3 Å². The monoisotopic (exact) mass is 343 g/mol. The number of unbranched alkanes of at least 4 members (excludes halogenated alkanes) is 1. The highest BCUT2D eigenvalue weighted by Crippen LogP contribution is 2.11. The number of primary amides is 1. The van der Waals surface area contributed by atoms with E-state index in [1.165, 1.54) is 0 Å². The van der Waals surface area contributed by atoms with Crippen molar-refractivity contribution in [2.45, 2.75) is 51.1 Å². The topological polar surface area (TPSA) is 101 Å². The Kier molecular flexibility index (Phi) is 8.80. The highest BCUT2D eigenvalue weighted by molar-refractivity contribution is 5.88. The first kappa shape index (κ1) is 20.2. The molecule has 0 bridgehead atoms. The third-order valence-electron chi connectivity index (χ3n) is 3.75. The molecule has 0 fully saturated rings. The lowest BCUT2D eigenvalue weighted by Gasteiger charge is -2.16. The lowest BCUT2D eigenvalue weighted by atomic mass is 10.1. The van der Waals surface area contributed by atoms with E-state index in [0.717, 1.165) is 5.56 Å². The van der Waals surface area contributed by atoms with Crippen LogP contribution < -0.4 is 16.4 Å². The number of carbonyl (C=O) groups excluding carboxylic acids is 3. The Hall–Kier alpha value is -2.81. The molecule has 0 spiro atoms. The molecule has 3 amide bonds. The summed E-state index contributed by atoms with van der Waals surface area (Å²) in [5.41, 5.74) is 6.26. The fraction of sp³-hybridized carbons (Fsp3) is 0.421. The molecule has 1 rings (SSSR count). The summed E-state index contributed by atoms with van der Waals surface area (Å²) in [6, 6.07) is 8.65. The molecule has 4 N–H and O–H groups in total. The predicted octanol–water partition coefficient (Wildman–Crippen LogP) is 1.42. The third kappa shape index (κ3) is 8.02. The van der Waals surface area contributed by atoms with E-state index in [1.807, 2.05) is 37.3 Å². The van der Waals surface area contributed by atoms with Crippen LogP contribution in [0.2, 0.25) is 0 Å². The van der Waals surface area contributed by atoms with Crippen molar-refractivity contribution in [3.63, 3.8) is 0 Å². The Morgan fingerprint density at radius 3 is 2.28 bits per heavy atom. The minimum Gasteiger partial charge on any atom is -0.368 e. The van der Waals surface area contributed by atoms with E-state index in [0.29, 0.717) is 19.3 Å². The summed E-state index contributed by atoms with van der Waals surface area (Å²) in [7, 11) is 0. The Bertz CT molecular complexity index is 623. The van der Waals surface area contributed by atoms with Gasteiger partial charge in [-0.15, -0.1) is 12.3 Å². The lowest BCUT2D eigenvalue weighted by Crippen LogP contribution is -2.44. The second kappa shape index (κ2) is 10.9. The number of nitrogens with one attached hydrogen (secondary N) is 2. The van der Waals surface area contributed by atoms with E-state index in [4.69, 9.17) is 12.2 Å². The number of hydrogen-bond acceptors (Lipinski definition) is 3. The minimum absolute atomic E-state index is 0.00768. The van der Waals surface area contributed by atoms with Crippen LogP contribution in [-0.4, -0.2) is 23.8 Å². The lowest BCUT2D eigenvalue weighted by molar-refractivity contribution is -0.129. The summed E-state index contributed by atoms with van der Waals surface area (Å²) in [4.78, 5) is 35.2. The normalized spacial score (nSPS) is 12.5. The molecule has 0 radical (unpaired) electrons. The van der Waals surface area contributed by atoms with E-state index in [9.17, 15) is 14.4 Å². The molecule has 0 aliphatic rings. The van der Waals surface area contributed by atoms with Gasteiger partial charge in [0.25, 0.3) is 0 Å². The largest absolute Gasteiger partial charge is 0.368 e. The number of rotatable bonds is 10. The smallest absolute Gasteiger partial charge is 0.240 e. The van der Waals surface area contributed by atoms with Crippen LogP contribution in [0.25, 0.3) is 0 Å². The van der Waals surface area contributed by atoms with Crippen molar-refractivity contribution in [2.24, 2.45) is 5.73 Å². The SMILES string of the molecule is C#CCCC[C@@H](NC(=O)CCC(=O)N[C@H](C)c1ccccc1)C(N)=O. The van der Waals surface area contributed by atoms with E-state index >= 15 is 0 Å². The molecule has 2 atom stereocenters. The quantitative estimate of drug-likeness (QED) is 0.442. The van der Waals surface area contributed by atoms with E-state index in [1.54, 1.807) is 0 Å². The van der Waals surface area contributed by atoms with Crippen LogP contribution in [0.3, 0.4) is 0 Å². The molecule has 0 saturated carbocycles. The first-order chi connectivity index (χ1) is 11.9. The molecule has 25 heavy (non-hydrogen) atoms. The molecule has 0 aromatic heterocycles. The van der Waals surface area contributed by atoms with Crippen LogP contribution in [0.4, 0.5) is 0 Å². The van der Waals surface area contributed by atoms with Crippen molar-refractivity contribution in [2.75, 3.05) is 0 Å². The van der Waals surface area contributed by atoms with Crippen molar-refractivity contribution in [1.82, 2.24) is 10.6 Å². The van der Waals surface area contributed by atoms with Gasteiger partial charge in [-0.2, -0.15) is 0 Å². The van der Waals surface area contributed by atoms with Gasteiger partial charge in [0.05, 0.1) is 6.04 Å². The second-order valence-corrected chi connectivity index (χ2v) is 5.82. The van der Waals surface area contributed by atoms with Crippen LogP contribution in [0.1, 0.15) is 50.6 Å². The molecule has 6 heteroatoms. The second-order valence-electron chi connectivity index (χ2n) is 5.82. The predicted molar refractivity (Wildman–Crippen MR) is 96.0 cm³/mol. The van der Waals surface area contributed by atoms with Crippen molar-refractivity contribution in [1.29, 1.82) is 0 Å². The van der Waals surface area contributed by atoms with Gasteiger partial charge in [0.1, 0.15) is 6.04 Å². The number of carbonyl (C=O) groups is 3. The number of amides is 3. The van der Waals surface area contributed by atoms with Gasteiger partial charge in [-0.3, -0.25) is 14.4 Å². The fourth-order valence-electron chi connectivity index (χ4n) is 2.33. The van der Waals surface area contributed by atoms with E-state index < -0.39 is 11.9 Å². The van der Waals surface area contributed by atoms with Gasteiger partial charge in [-0.1, -0.05) is 30.3 Å². The number of nitrogens with two attached hydrogens (primary N) is 1. The van der Waals surface area contributed by atoms with Crippen molar-refractivity contribution >= 4 is 17.7 Å². The summed E-state index contributed by atoms with van der Waals surface area (Å²) >= 11 is 0. The third-order valence-corrected chi connectivity index (χ3v) is 3.75. The Morgan fingerprint density at radius 1 is 1.12 bits per heavy atom. The molecule has 134 valence electrons. The van der Waals surface area contributed by atoms with Crippen LogP contribution in [0, 0.1) is 12.3 Å². The maximum absolute atomic E-state index is 12.0. The Balaban J connectivity index is 2.37. The van der Waals surface area contributed by atoms with Crippen LogP contribution >= 0.6 is 0 Å². The highest BCUT2D eigenvalue weighted by Gasteiger charge is 2.18. The first-order valence-electron chi connectivity index (χ1n) is 8.30. The minimum atomic E-state index is -0.757. The van der Waals surface area contributed by atoms with Gasteiger partial charge in [0.2, 0.25) is 17.7 Å². The highest BCUT2D eigenvalue weighted by atomic mass is 16.2. The molecule has 0 aliphatic heterocycles. The fourth-order valence-corrected chi connectivity index (χ4v) is 2.33. The zero-order chi connectivity index (χ0) is 18.7.